The van der Waals surface area contributed by atoms with Crippen LogP contribution in [0.3, 0.4) is 0 Å². The zero-order chi connectivity index (χ0) is 14.8. The molecule has 0 atom stereocenters. The molecule has 0 aliphatic heterocycles. The van der Waals surface area contributed by atoms with Crippen molar-refractivity contribution in [2.24, 2.45) is 0 Å². The highest BCUT2D eigenvalue weighted by molar-refractivity contribution is 6.01. The number of ether oxygens (including phenoxy) is 2. The number of rotatable bonds is 3. The van der Waals surface area contributed by atoms with E-state index in [1.807, 2.05) is 36.4 Å². The third kappa shape index (κ3) is 2.40. The van der Waals surface area contributed by atoms with Crippen molar-refractivity contribution in [3.05, 3.63) is 47.5 Å². The molecule has 21 heavy (non-hydrogen) atoms. The highest BCUT2D eigenvalue weighted by atomic mass is 16.5. The number of hydrogen-bond donors (Lipinski definition) is 0. The molecule has 0 unspecified atom stereocenters. The predicted molar refractivity (Wildman–Crippen MR) is 82.3 cm³/mol. The summed E-state index contributed by atoms with van der Waals surface area (Å²) in [5.74, 6) is 1.86. The number of fused-ring (bicyclic) bond motifs is 1. The quantitative estimate of drug-likeness (QED) is 0.856. The molecule has 2 aromatic rings. The number of ketones is 1. The fraction of sp³-hybridized carbons (Fsp3) is 0.278. The van der Waals surface area contributed by atoms with Crippen LogP contribution in [-0.4, -0.2) is 20.0 Å². The Balaban J connectivity index is 2.19. The lowest BCUT2D eigenvalue weighted by Crippen LogP contribution is -2.12. The second-order valence-corrected chi connectivity index (χ2v) is 5.17. The molecule has 3 nitrogen and oxygen atoms in total. The van der Waals surface area contributed by atoms with Crippen LogP contribution in [0, 0.1) is 0 Å². The minimum absolute atomic E-state index is 0.230. The largest absolute Gasteiger partial charge is 0.497 e. The molecule has 0 amide bonds. The molecule has 0 aromatic heterocycles. The summed E-state index contributed by atoms with van der Waals surface area (Å²) < 4.78 is 10.7. The van der Waals surface area contributed by atoms with Crippen molar-refractivity contribution in [2.45, 2.75) is 19.3 Å². The molecule has 108 valence electrons. The molecule has 0 bridgehead atoms. The number of benzene rings is 2. The number of carbonyl (C=O) groups excluding carboxylic acids is 1. The van der Waals surface area contributed by atoms with Gasteiger partial charge in [-0.15, -0.1) is 0 Å². The Morgan fingerprint density at radius 3 is 2.33 bits per heavy atom. The summed E-state index contributed by atoms with van der Waals surface area (Å²) in [6, 6.07) is 11.7. The van der Waals surface area contributed by atoms with Gasteiger partial charge in [-0.3, -0.25) is 4.79 Å². The van der Waals surface area contributed by atoms with Gasteiger partial charge >= 0.3 is 0 Å². The molecule has 3 heteroatoms. The van der Waals surface area contributed by atoms with Crippen LogP contribution in [0.25, 0.3) is 11.1 Å². The first kappa shape index (κ1) is 13.7. The number of carbonyl (C=O) groups is 1. The molecular formula is C18H18O3. The van der Waals surface area contributed by atoms with Crippen LogP contribution in [-0.2, 0) is 6.42 Å². The third-order valence-corrected chi connectivity index (χ3v) is 4.00. The van der Waals surface area contributed by atoms with Crippen LogP contribution >= 0.6 is 0 Å². The molecule has 0 heterocycles. The molecule has 0 N–H and O–H groups in total. The van der Waals surface area contributed by atoms with Crippen LogP contribution in [0.5, 0.6) is 11.5 Å². The summed E-state index contributed by atoms with van der Waals surface area (Å²) in [5, 5.41) is 0. The average molecular weight is 282 g/mol. The van der Waals surface area contributed by atoms with Crippen LogP contribution in [0.2, 0.25) is 0 Å². The molecule has 0 fully saturated rings. The number of methoxy groups -OCH3 is 2. The number of hydrogen-bond acceptors (Lipinski definition) is 3. The van der Waals surface area contributed by atoms with Crippen molar-refractivity contribution in [2.75, 3.05) is 14.2 Å². The highest BCUT2D eigenvalue weighted by Crippen LogP contribution is 2.39. The SMILES string of the molecule is COc1ccc(-c2c(OC)ccc3c2CCCC3=O)cc1. The van der Waals surface area contributed by atoms with Gasteiger partial charge in [0, 0.05) is 17.5 Å². The summed E-state index contributed by atoms with van der Waals surface area (Å²) in [6.45, 7) is 0. The summed E-state index contributed by atoms with van der Waals surface area (Å²) in [5.41, 5.74) is 4.04. The normalized spacial score (nSPS) is 13.7. The second kappa shape index (κ2) is 5.60. The van der Waals surface area contributed by atoms with Crippen LogP contribution in [0.15, 0.2) is 36.4 Å². The first-order chi connectivity index (χ1) is 10.2. The number of Topliss-reactive ketones (excluding diaryl/α,β-unsaturated/α-hetero) is 1. The van der Waals surface area contributed by atoms with Gasteiger partial charge in [-0.05, 0) is 48.2 Å². The van der Waals surface area contributed by atoms with E-state index in [-0.39, 0.29) is 5.78 Å². The van der Waals surface area contributed by atoms with Gasteiger partial charge in [0.2, 0.25) is 0 Å². The smallest absolute Gasteiger partial charge is 0.163 e. The van der Waals surface area contributed by atoms with E-state index in [0.29, 0.717) is 6.42 Å². The molecule has 1 aliphatic rings. The predicted octanol–water partition coefficient (Wildman–Crippen LogP) is 3.89. The van der Waals surface area contributed by atoms with Crippen LogP contribution < -0.4 is 9.47 Å². The maximum absolute atomic E-state index is 12.1. The zero-order valence-corrected chi connectivity index (χ0v) is 12.3. The third-order valence-electron chi connectivity index (χ3n) is 4.00. The van der Waals surface area contributed by atoms with Gasteiger partial charge in [-0.25, -0.2) is 0 Å². The molecular weight excluding hydrogens is 264 g/mol. The van der Waals surface area contributed by atoms with Crippen molar-refractivity contribution < 1.29 is 14.3 Å². The summed E-state index contributed by atoms with van der Waals surface area (Å²) in [7, 11) is 3.32. The van der Waals surface area contributed by atoms with Gasteiger partial charge < -0.3 is 9.47 Å². The standard InChI is InChI=1S/C18H18O3/c1-20-13-8-6-12(7-9-13)18-15-4-3-5-16(19)14(15)10-11-17(18)21-2/h6-11H,3-5H2,1-2H3. The van der Waals surface area contributed by atoms with Gasteiger partial charge in [0.15, 0.2) is 5.78 Å². The monoisotopic (exact) mass is 282 g/mol. The van der Waals surface area contributed by atoms with Crippen molar-refractivity contribution in [1.29, 1.82) is 0 Å². The minimum atomic E-state index is 0.230. The molecule has 0 saturated heterocycles. The van der Waals surface area contributed by atoms with Crippen molar-refractivity contribution >= 4 is 5.78 Å². The van der Waals surface area contributed by atoms with Crippen molar-refractivity contribution in [3.63, 3.8) is 0 Å². The Hall–Kier alpha value is -2.29. The molecule has 0 saturated carbocycles. The first-order valence-electron chi connectivity index (χ1n) is 7.12. The van der Waals surface area contributed by atoms with E-state index < -0.39 is 0 Å². The Bertz CT molecular complexity index is 672. The van der Waals surface area contributed by atoms with Gasteiger partial charge in [0.1, 0.15) is 11.5 Å². The lowest BCUT2D eigenvalue weighted by atomic mass is 9.84. The van der Waals surface area contributed by atoms with E-state index in [2.05, 4.69) is 0 Å². The van der Waals surface area contributed by atoms with Crippen LogP contribution in [0.1, 0.15) is 28.8 Å². The van der Waals surface area contributed by atoms with E-state index in [1.54, 1.807) is 14.2 Å². The summed E-state index contributed by atoms with van der Waals surface area (Å²) in [6.07, 6.45) is 2.46. The minimum Gasteiger partial charge on any atom is -0.497 e. The molecule has 3 rings (SSSR count). The fourth-order valence-corrected chi connectivity index (χ4v) is 2.95. The van der Waals surface area contributed by atoms with Crippen LogP contribution in [0.4, 0.5) is 0 Å². The summed E-state index contributed by atoms with van der Waals surface area (Å²) in [4.78, 5) is 12.1. The van der Waals surface area contributed by atoms with E-state index in [0.717, 1.165) is 46.6 Å². The van der Waals surface area contributed by atoms with E-state index in [9.17, 15) is 4.79 Å². The van der Waals surface area contributed by atoms with Crippen molar-refractivity contribution in [1.82, 2.24) is 0 Å². The highest BCUT2D eigenvalue weighted by Gasteiger charge is 2.23. The Labute approximate surface area is 124 Å². The maximum Gasteiger partial charge on any atom is 0.163 e. The maximum atomic E-state index is 12.1. The Morgan fingerprint density at radius 2 is 1.67 bits per heavy atom. The first-order valence-corrected chi connectivity index (χ1v) is 7.12. The zero-order valence-electron chi connectivity index (χ0n) is 12.3. The summed E-state index contributed by atoms with van der Waals surface area (Å²) >= 11 is 0. The lowest BCUT2D eigenvalue weighted by molar-refractivity contribution is 0.0972. The topological polar surface area (TPSA) is 35.5 Å². The molecule has 0 radical (unpaired) electrons. The van der Waals surface area contributed by atoms with Crippen molar-refractivity contribution in [3.8, 4) is 22.6 Å². The van der Waals surface area contributed by atoms with E-state index >= 15 is 0 Å². The van der Waals surface area contributed by atoms with Gasteiger partial charge in [-0.2, -0.15) is 0 Å². The molecule has 1 aliphatic carbocycles. The van der Waals surface area contributed by atoms with Gasteiger partial charge in [0.05, 0.1) is 14.2 Å². The Kier molecular flexibility index (Phi) is 3.65. The van der Waals surface area contributed by atoms with E-state index in [4.69, 9.17) is 9.47 Å². The second-order valence-electron chi connectivity index (χ2n) is 5.17. The lowest BCUT2D eigenvalue weighted by Gasteiger charge is -2.21. The molecule has 2 aromatic carbocycles. The van der Waals surface area contributed by atoms with Gasteiger partial charge in [0.25, 0.3) is 0 Å². The average Bonchev–Trinajstić information content (AvgIpc) is 2.54. The fourth-order valence-electron chi connectivity index (χ4n) is 2.95. The molecule has 0 spiro atoms. The van der Waals surface area contributed by atoms with Gasteiger partial charge in [-0.1, -0.05) is 12.1 Å². The Morgan fingerprint density at radius 1 is 0.905 bits per heavy atom. The van der Waals surface area contributed by atoms with E-state index in [1.165, 1.54) is 0 Å².